The van der Waals surface area contributed by atoms with E-state index in [2.05, 4.69) is 32.8 Å². The molecule has 300 valence electrons. The Morgan fingerprint density at radius 3 is 2.56 bits per heavy atom. The molecular weight excluding hydrogens is 721 g/mol. The topological polar surface area (TPSA) is 189 Å². The number of methoxy groups -OCH3 is 1. The molecule has 3 saturated heterocycles. The first-order valence-electron chi connectivity index (χ1n) is 19.6. The zero-order valence-corrected chi connectivity index (χ0v) is 34.2. The number of carbonyl (C=O) groups is 2. The monoisotopic (exact) mass is 778 g/mol. The molecule has 16 heteroatoms. The van der Waals surface area contributed by atoms with Gasteiger partial charge in [-0.3, -0.25) is 0 Å². The molecule has 0 radical (unpaired) electrons. The van der Waals surface area contributed by atoms with E-state index in [1.54, 1.807) is 14.0 Å². The average molecular weight is 779 g/mol. The highest BCUT2D eigenvalue weighted by Gasteiger charge is 2.46. The van der Waals surface area contributed by atoms with Gasteiger partial charge in [0.1, 0.15) is 28.2 Å². The Morgan fingerprint density at radius 1 is 1.11 bits per heavy atom. The molecule has 15 nitrogen and oxygen atoms in total. The van der Waals surface area contributed by atoms with Crippen LogP contribution in [0.1, 0.15) is 101 Å². The van der Waals surface area contributed by atoms with Crippen LogP contribution in [0.4, 0.5) is 21.6 Å². The lowest BCUT2D eigenvalue weighted by Gasteiger charge is -2.40. The lowest BCUT2D eigenvalue weighted by atomic mass is 9.72. The first-order chi connectivity index (χ1) is 26.1. The van der Waals surface area contributed by atoms with Gasteiger partial charge in [0.2, 0.25) is 5.95 Å². The molecule has 1 amide bonds. The van der Waals surface area contributed by atoms with Crippen molar-refractivity contribution in [2.45, 2.75) is 103 Å². The summed E-state index contributed by atoms with van der Waals surface area (Å²) in [4.78, 5) is 52.0. The molecule has 4 aliphatic rings. The Labute approximate surface area is 328 Å². The maximum Gasteiger partial charge on any atom is 0.410 e. The van der Waals surface area contributed by atoms with Gasteiger partial charge in [-0.2, -0.15) is 10.2 Å². The quantitative estimate of drug-likeness (QED) is 0.118. The van der Waals surface area contributed by atoms with E-state index >= 15 is 0 Å². The number of ether oxygens (including phenoxy) is 2. The second-order valence-electron chi connectivity index (χ2n) is 16.9. The fraction of sp³-hybridized carbons (Fsp3) is 0.692. The lowest BCUT2D eigenvalue weighted by molar-refractivity contribution is -0.150. The molecule has 0 unspecified atom stereocenters. The molecule has 6 rings (SSSR count). The van der Waals surface area contributed by atoms with Gasteiger partial charge in [0, 0.05) is 82.1 Å². The van der Waals surface area contributed by atoms with E-state index in [-0.39, 0.29) is 23.4 Å². The van der Waals surface area contributed by atoms with Gasteiger partial charge in [0.25, 0.3) is 0 Å². The number of hydrogen-bond acceptors (Lipinski definition) is 14. The number of aryl methyl sites for hydroxylation is 1. The minimum atomic E-state index is -1.09. The highest BCUT2D eigenvalue weighted by atomic mass is 32.1. The minimum absolute atomic E-state index is 0.0278. The van der Waals surface area contributed by atoms with Gasteiger partial charge < -0.3 is 45.4 Å². The summed E-state index contributed by atoms with van der Waals surface area (Å²) in [7, 11) is 1.73. The van der Waals surface area contributed by atoms with Gasteiger partial charge in [-0.05, 0) is 97.9 Å². The molecule has 1 spiro atoms. The van der Waals surface area contributed by atoms with E-state index in [0.717, 1.165) is 102 Å². The van der Waals surface area contributed by atoms with Crippen LogP contribution in [0.2, 0.25) is 0 Å². The Hall–Kier alpha value is -4.20. The highest BCUT2D eigenvalue weighted by molar-refractivity contribution is 7.16. The van der Waals surface area contributed by atoms with Gasteiger partial charge in [-0.15, -0.1) is 11.3 Å². The number of carbonyl (C=O) groups excluding carboxylic acids is 2. The normalized spacial score (nSPS) is 23.3. The fourth-order valence-corrected chi connectivity index (χ4v) is 9.79. The summed E-state index contributed by atoms with van der Waals surface area (Å²) in [5.74, 6) is 0.653. The van der Waals surface area contributed by atoms with Crippen LogP contribution in [0.25, 0.3) is 0 Å². The molecule has 3 aliphatic heterocycles. The van der Waals surface area contributed by atoms with Crippen LogP contribution in [0, 0.1) is 16.7 Å². The number of hydrogen-bond donors (Lipinski definition) is 2. The van der Waals surface area contributed by atoms with Crippen LogP contribution in [0.5, 0.6) is 0 Å². The zero-order chi connectivity index (χ0) is 39.5. The predicted octanol–water partition coefficient (Wildman–Crippen LogP) is 4.61. The number of nitriles is 1. The second kappa shape index (κ2) is 16.5. The number of rotatable bonds is 9. The van der Waals surface area contributed by atoms with Crippen molar-refractivity contribution >= 4 is 46.0 Å². The summed E-state index contributed by atoms with van der Waals surface area (Å²) >= 11 is 1.36. The second-order valence-corrected chi connectivity index (χ2v) is 18.0. The molecular formula is C39H58N10O5S. The van der Waals surface area contributed by atoms with Crippen LogP contribution < -0.4 is 21.3 Å². The van der Waals surface area contributed by atoms with E-state index in [1.807, 2.05) is 31.7 Å². The van der Waals surface area contributed by atoms with Gasteiger partial charge in [0.05, 0.1) is 11.0 Å². The summed E-state index contributed by atoms with van der Waals surface area (Å²) in [6, 6.07) is 4.14. The molecule has 5 heterocycles. The first-order valence-corrected chi connectivity index (χ1v) is 20.4. The van der Waals surface area contributed by atoms with E-state index in [4.69, 9.17) is 35.7 Å². The Balaban J connectivity index is 1.24. The molecule has 2 aromatic rings. The van der Waals surface area contributed by atoms with Crippen molar-refractivity contribution in [1.29, 1.82) is 5.26 Å². The molecule has 4 N–H and O–H groups in total. The van der Waals surface area contributed by atoms with Crippen molar-refractivity contribution in [2.75, 3.05) is 81.6 Å². The summed E-state index contributed by atoms with van der Waals surface area (Å²) < 4.78 is 11.0. The van der Waals surface area contributed by atoms with Crippen molar-refractivity contribution in [1.82, 2.24) is 19.8 Å². The Bertz CT molecular complexity index is 1800. The summed E-state index contributed by atoms with van der Waals surface area (Å²) in [6.45, 7) is 16.8. The number of amidine groups is 1. The van der Waals surface area contributed by atoms with Crippen molar-refractivity contribution in [3.05, 3.63) is 27.8 Å². The number of likely N-dealkylation sites (tertiary alicyclic amines) is 1. The number of aromatic nitrogens is 2. The third-order valence-electron chi connectivity index (χ3n) is 11.6. The van der Waals surface area contributed by atoms with Crippen molar-refractivity contribution in [2.24, 2.45) is 16.3 Å². The smallest absolute Gasteiger partial charge is 0.410 e. The molecule has 2 atom stereocenters. The van der Waals surface area contributed by atoms with Crippen LogP contribution in [-0.4, -0.2) is 115 Å². The minimum Gasteiger partial charge on any atom is -0.444 e. The summed E-state index contributed by atoms with van der Waals surface area (Å²) in [6.07, 6.45) is 6.41. The van der Waals surface area contributed by atoms with Crippen molar-refractivity contribution in [3.63, 3.8) is 0 Å². The number of nitrogens with two attached hydrogens (primary N) is 2. The molecule has 0 bridgehead atoms. The predicted molar refractivity (Wildman–Crippen MR) is 213 cm³/mol. The SMILES string of the molecule is COCCCN1CCCN(c2nc(/C(N)=N/OC(=O)[C@@]3(C)CCCc4sc(N)c(C#N)c43)cc(N3CCC4(CCN(C(=O)OC(C)(C)C)C4)CC3)n2)[C@@H](C)C1. The number of nitrogens with zero attached hydrogens (tertiary/aromatic N) is 8. The van der Waals surface area contributed by atoms with E-state index in [0.29, 0.717) is 47.3 Å². The highest BCUT2D eigenvalue weighted by Crippen LogP contribution is 2.46. The maximum atomic E-state index is 13.8. The summed E-state index contributed by atoms with van der Waals surface area (Å²) in [5, 5.41) is 14.4. The fourth-order valence-electron chi connectivity index (χ4n) is 8.60. The molecule has 0 aromatic carbocycles. The third kappa shape index (κ3) is 8.94. The van der Waals surface area contributed by atoms with E-state index < -0.39 is 17.0 Å². The van der Waals surface area contributed by atoms with Gasteiger partial charge in [0.15, 0.2) is 5.84 Å². The van der Waals surface area contributed by atoms with Gasteiger partial charge in [-0.25, -0.2) is 14.6 Å². The van der Waals surface area contributed by atoms with Gasteiger partial charge >= 0.3 is 12.1 Å². The molecule has 55 heavy (non-hydrogen) atoms. The number of nitrogen functional groups attached to an aromatic ring is 1. The van der Waals surface area contributed by atoms with E-state index in [9.17, 15) is 14.9 Å². The number of oxime groups is 1. The van der Waals surface area contributed by atoms with Crippen LogP contribution in [0.3, 0.4) is 0 Å². The third-order valence-corrected chi connectivity index (χ3v) is 12.7. The van der Waals surface area contributed by atoms with E-state index in [1.165, 1.54) is 11.3 Å². The molecule has 1 aliphatic carbocycles. The number of thiophene rings is 1. The van der Waals surface area contributed by atoms with Crippen LogP contribution in [-0.2, 0) is 30.9 Å². The average Bonchev–Trinajstić information content (AvgIpc) is 3.65. The van der Waals surface area contributed by atoms with Gasteiger partial charge in [-0.1, -0.05) is 5.16 Å². The Kier molecular flexibility index (Phi) is 12.1. The number of fused-ring (bicyclic) bond motifs is 1. The standard InChI is InChI=1S/C39H58N10O5S/c1-26-24-46(16-9-21-52-6)15-8-17-49(26)35-43-28(32(41)45-54-34(50)38(5)11-7-10-29-31(38)27(23-40)33(42)55-29)22-30(44-35)47-18-12-39(13-19-47)14-20-48(25-39)36(51)53-37(2,3)4/h22,26H,7-21,24-25,42H2,1-6H3,(H2,41,45)/t26-,38-/m0/s1. The summed E-state index contributed by atoms with van der Waals surface area (Å²) in [5.41, 5.74) is 12.5. The number of piperidine rings is 1. The zero-order valence-electron chi connectivity index (χ0n) is 33.4. The molecule has 2 aromatic heterocycles. The van der Waals surface area contributed by atoms with Crippen LogP contribution in [0.15, 0.2) is 11.2 Å². The lowest BCUT2D eigenvalue weighted by Crippen LogP contribution is -2.44. The maximum absolute atomic E-state index is 13.8. The first kappa shape index (κ1) is 40.5. The molecule has 3 fully saturated rings. The van der Waals surface area contributed by atoms with Crippen molar-refractivity contribution in [3.8, 4) is 6.07 Å². The number of amides is 1. The van der Waals surface area contributed by atoms with Crippen LogP contribution >= 0.6 is 11.3 Å². The largest absolute Gasteiger partial charge is 0.444 e. The Morgan fingerprint density at radius 2 is 1.85 bits per heavy atom. The van der Waals surface area contributed by atoms with Crippen molar-refractivity contribution < 1.29 is 23.9 Å². The molecule has 0 saturated carbocycles. The number of anilines is 3.